The van der Waals surface area contributed by atoms with Crippen molar-refractivity contribution in [3.05, 3.63) is 0 Å². The Morgan fingerprint density at radius 1 is 1.08 bits per heavy atom. The lowest BCUT2D eigenvalue weighted by atomic mass is 9.89. The molecule has 0 saturated heterocycles. The van der Waals surface area contributed by atoms with E-state index in [0.29, 0.717) is 0 Å². The van der Waals surface area contributed by atoms with Crippen LogP contribution in [0.15, 0.2) is 0 Å². The summed E-state index contributed by atoms with van der Waals surface area (Å²) in [5.41, 5.74) is -1.66. The third-order valence-electron chi connectivity index (χ3n) is 3.01. The van der Waals surface area contributed by atoms with Crippen LogP contribution in [0.5, 0.6) is 0 Å². The summed E-state index contributed by atoms with van der Waals surface area (Å²) in [6, 6.07) is 0. The van der Waals surface area contributed by atoms with Crippen LogP contribution in [0, 0.1) is 0 Å². The molecule has 0 bridgehead atoms. The minimum Gasteiger partial charge on any atom is -0.481 e. The average molecular weight is 350 g/mol. The lowest BCUT2D eigenvalue weighted by Gasteiger charge is -2.32. The van der Waals surface area contributed by atoms with Crippen LogP contribution in [0.3, 0.4) is 0 Å². The van der Waals surface area contributed by atoms with Gasteiger partial charge in [-0.3, -0.25) is 19.2 Å². The third kappa shape index (κ3) is 9.87. The second kappa shape index (κ2) is 10.7. The molecule has 1 atom stereocenters. The van der Waals surface area contributed by atoms with Gasteiger partial charge in [-0.1, -0.05) is 0 Å². The number of aliphatic carboxylic acids is 2. The quantitative estimate of drug-likeness (QED) is 0.261. The molecule has 0 aromatic carbocycles. The van der Waals surface area contributed by atoms with E-state index in [1.54, 1.807) is 0 Å². The molecule has 0 rings (SSSR count). The topological polar surface area (TPSA) is 168 Å². The minimum absolute atomic E-state index is 0.0158. The van der Waals surface area contributed by atoms with Crippen LogP contribution < -0.4 is 0 Å². The zero-order chi connectivity index (χ0) is 18.8. The van der Waals surface area contributed by atoms with Gasteiger partial charge in [-0.2, -0.15) is 0 Å². The van der Waals surface area contributed by atoms with E-state index in [4.69, 9.17) is 20.1 Å². The normalized spacial score (nSPS) is 12.5. The summed E-state index contributed by atoms with van der Waals surface area (Å²) < 4.78 is 9.59. The van der Waals surface area contributed by atoms with Crippen LogP contribution in [0.1, 0.15) is 39.0 Å². The van der Waals surface area contributed by atoms with Gasteiger partial charge in [0.25, 0.3) is 0 Å². The lowest BCUT2D eigenvalue weighted by Crippen LogP contribution is -2.40. The van der Waals surface area contributed by atoms with Crippen LogP contribution in [-0.4, -0.2) is 69.2 Å². The van der Waals surface area contributed by atoms with E-state index < -0.39 is 61.6 Å². The lowest BCUT2D eigenvalue weighted by molar-refractivity contribution is -0.159. The van der Waals surface area contributed by atoms with Crippen LogP contribution >= 0.6 is 0 Å². The van der Waals surface area contributed by atoms with E-state index in [2.05, 4.69) is 4.74 Å². The second-order valence-corrected chi connectivity index (χ2v) is 5.29. The molecule has 0 aliphatic heterocycles. The molecule has 0 aliphatic rings. The fourth-order valence-corrected chi connectivity index (χ4v) is 2.06. The fraction of sp³-hybridized carbons (Fsp3) is 0.714. The second-order valence-electron chi connectivity index (χ2n) is 5.29. The molecule has 0 amide bonds. The number of rotatable bonds is 12. The van der Waals surface area contributed by atoms with Crippen molar-refractivity contribution >= 4 is 23.9 Å². The predicted molar refractivity (Wildman–Crippen MR) is 76.9 cm³/mol. The number of carboxylic acid groups (broad SMARTS) is 2. The maximum Gasteiger partial charge on any atom is 0.313 e. The van der Waals surface area contributed by atoms with E-state index >= 15 is 0 Å². The van der Waals surface area contributed by atoms with Gasteiger partial charge < -0.3 is 29.9 Å². The molecule has 0 saturated carbocycles. The van der Waals surface area contributed by atoms with Crippen LogP contribution in [-0.2, 0) is 28.7 Å². The first-order valence-electron chi connectivity index (χ1n) is 7.18. The number of esters is 2. The van der Waals surface area contributed by atoms with E-state index in [1.165, 1.54) is 0 Å². The molecule has 10 heteroatoms. The Hall–Kier alpha value is -2.04. The SMILES string of the molecule is CC(=O)OC(=O)CCCC(CC(=O)O)(CC(=O)O)OCC(O)CO. The molecule has 138 valence electrons. The van der Waals surface area contributed by atoms with Gasteiger partial charge in [0.05, 0.1) is 31.7 Å². The average Bonchev–Trinajstić information content (AvgIpc) is 2.42. The van der Waals surface area contributed by atoms with E-state index in [0.717, 1.165) is 6.92 Å². The number of hydrogen-bond donors (Lipinski definition) is 4. The Bertz CT molecular complexity index is 442. The van der Waals surface area contributed by atoms with Gasteiger partial charge >= 0.3 is 23.9 Å². The smallest absolute Gasteiger partial charge is 0.313 e. The maximum atomic E-state index is 11.3. The van der Waals surface area contributed by atoms with Gasteiger partial charge in [-0.05, 0) is 12.8 Å². The molecule has 24 heavy (non-hydrogen) atoms. The Morgan fingerprint density at radius 3 is 2.04 bits per heavy atom. The maximum absolute atomic E-state index is 11.3. The molecule has 1 unspecified atom stereocenters. The summed E-state index contributed by atoms with van der Waals surface area (Å²) in [6.07, 6.45) is -2.97. The van der Waals surface area contributed by atoms with E-state index in [9.17, 15) is 24.3 Å². The molecule has 0 radical (unpaired) electrons. The number of ether oxygens (including phenoxy) is 2. The first-order chi connectivity index (χ1) is 11.1. The molecule has 0 aromatic heterocycles. The fourth-order valence-electron chi connectivity index (χ4n) is 2.06. The molecule has 0 aliphatic carbocycles. The Morgan fingerprint density at radius 2 is 1.62 bits per heavy atom. The summed E-state index contributed by atoms with van der Waals surface area (Å²) in [4.78, 5) is 44.0. The van der Waals surface area contributed by atoms with Crippen LogP contribution in [0.2, 0.25) is 0 Å². The summed E-state index contributed by atoms with van der Waals surface area (Å²) >= 11 is 0. The number of carbonyl (C=O) groups excluding carboxylic acids is 2. The molecule has 0 fully saturated rings. The van der Waals surface area contributed by atoms with Gasteiger partial charge in [0.15, 0.2) is 0 Å². The molecular formula is C14H22O10. The number of carboxylic acids is 2. The van der Waals surface area contributed by atoms with Crippen molar-refractivity contribution in [1.82, 2.24) is 0 Å². The van der Waals surface area contributed by atoms with E-state index in [1.807, 2.05) is 0 Å². The zero-order valence-electron chi connectivity index (χ0n) is 13.3. The highest BCUT2D eigenvalue weighted by atomic mass is 16.6. The number of aliphatic hydroxyl groups excluding tert-OH is 2. The number of carbonyl (C=O) groups is 4. The summed E-state index contributed by atoms with van der Waals surface area (Å²) in [7, 11) is 0. The number of hydrogen-bond acceptors (Lipinski definition) is 8. The van der Waals surface area contributed by atoms with Crippen molar-refractivity contribution in [3.63, 3.8) is 0 Å². The van der Waals surface area contributed by atoms with Gasteiger partial charge in [0, 0.05) is 13.3 Å². The highest BCUT2D eigenvalue weighted by molar-refractivity contribution is 5.84. The third-order valence-corrected chi connectivity index (χ3v) is 3.01. The number of aliphatic hydroxyl groups is 2. The van der Waals surface area contributed by atoms with Gasteiger partial charge in [-0.15, -0.1) is 0 Å². The van der Waals surface area contributed by atoms with E-state index in [-0.39, 0.29) is 19.3 Å². The first kappa shape index (κ1) is 22.0. The van der Waals surface area contributed by atoms with Crippen molar-refractivity contribution in [1.29, 1.82) is 0 Å². The van der Waals surface area contributed by atoms with Crippen LogP contribution in [0.25, 0.3) is 0 Å². The zero-order valence-corrected chi connectivity index (χ0v) is 13.3. The van der Waals surface area contributed by atoms with Crippen molar-refractivity contribution < 1.29 is 49.1 Å². The van der Waals surface area contributed by atoms with Crippen molar-refractivity contribution in [2.24, 2.45) is 0 Å². The minimum atomic E-state index is -1.66. The highest BCUT2D eigenvalue weighted by Gasteiger charge is 2.37. The standard InChI is InChI=1S/C14H22O10/c1-9(16)24-13(22)3-2-4-14(5-11(18)19,6-12(20)21)23-8-10(17)7-15/h10,15,17H,2-8H2,1H3,(H,18,19)(H,20,21). The largest absolute Gasteiger partial charge is 0.481 e. The van der Waals surface area contributed by atoms with Crippen molar-refractivity contribution in [2.75, 3.05) is 13.2 Å². The molecular weight excluding hydrogens is 328 g/mol. The first-order valence-corrected chi connectivity index (χ1v) is 7.18. The van der Waals surface area contributed by atoms with Crippen molar-refractivity contribution in [2.45, 2.75) is 50.7 Å². The Kier molecular flexibility index (Phi) is 9.77. The molecule has 4 N–H and O–H groups in total. The monoisotopic (exact) mass is 350 g/mol. The van der Waals surface area contributed by atoms with Crippen LogP contribution in [0.4, 0.5) is 0 Å². The van der Waals surface area contributed by atoms with Gasteiger partial charge in [-0.25, -0.2) is 0 Å². The molecule has 0 heterocycles. The van der Waals surface area contributed by atoms with Crippen molar-refractivity contribution in [3.8, 4) is 0 Å². The highest BCUT2D eigenvalue weighted by Crippen LogP contribution is 2.28. The summed E-state index contributed by atoms with van der Waals surface area (Å²) in [5.74, 6) is -4.25. The molecule has 0 aromatic rings. The Labute approximate surface area is 138 Å². The van der Waals surface area contributed by atoms with Gasteiger partial charge in [0.2, 0.25) is 0 Å². The Balaban J connectivity index is 4.96. The summed E-state index contributed by atoms with van der Waals surface area (Å²) in [5, 5.41) is 36.1. The molecule has 10 nitrogen and oxygen atoms in total. The van der Waals surface area contributed by atoms with Gasteiger partial charge in [0.1, 0.15) is 6.10 Å². The molecule has 0 spiro atoms. The predicted octanol–water partition coefficient (Wildman–Crippen LogP) is -0.696. The summed E-state index contributed by atoms with van der Waals surface area (Å²) in [6.45, 7) is -0.0491.